The Balaban J connectivity index is 0.000000339. The first-order chi connectivity index (χ1) is 12.1. The standard InChI is InChI=1S/C13H18F2O5S.C4H8S/c14-13(15,21(17,18)19)7-20-11(16)12-4-8-1-9(5-12)3-10(2-8)6-12;1-2-4-5-3-1/h8-10H,1-7H2,(H,17,18,19);1-4H2. The van der Waals surface area contributed by atoms with Gasteiger partial charge in [0.1, 0.15) is 0 Å². The van der Waals surface area contributed by atoms with Crippen molar-refractivity contribution in [2.45, 2.75) is 56.6 Å². The molecule has 26 heavy (non-hydrogen) atoms. The molecule has 1 N–H and O–H groups in total. The minimum atomic E-state index is -5.56. The molecule has 4 bridgehead atoms. The Bertz CT molecular complexity index is 588. The molecule has 0 radical (unpaired) electrons. The van der Waals surface area contributed by atoms with Crippen molar-refractivity contribution in [3.8, 4) is 0 Å². The van der Waals surface area contributed by atoms with Crippen LogP contribution in [0.3, 0.4) is 0 Å². The number of carbonyl (C=O) groups is 1. The first-order valence-electron chi connectivity index (χ1n) is 9.21. The van der Waals surface area contributed by atoms with Gasteiger partial charge < -0.3 is 4.74 Å². The van der Waals surface area contributed by atoms with Gasteiger partial charge in [-0.25, -0.2) is 0 Å². The van der Waals surface area contributed by atoms with Crippen LogP contribution >= 0.6 is 11.8 Å². The van der Waals surface area contributed by atoms with Crippen LogP contribution in [-0.2, 0) is 19.6 Å². The number of rotatable bonds is 4. The zero-order chi connectivity index (χ0) is 19.0. The van der Waals surface area contributed by atoms with Gasteiger partial charge in [-0.3, -0.25) is 9.35 Å². The molecule has 5 aliphatic rings. The second-order valence-corrected chi connectivity index (χ2v) is 11.0. The van der Waals surface area contributed by atoms with E-state index < -0.39 is 33.4 Å². The predicted molar refractivity (Wildman–Crippen MR) is 94.6 cm³/mol. The average molecular weight is 413 g/mol. The molecule has 0 aromatic carbocycles. The van der Waals surface area contributed by atoms with Crippen LogP contribution in [0, 0.1) is 23.2 Å². The Labute approximate surface area is 157 Å². The molecule has 4 saturated carbocycles. The van der Waals surface area contributed by atoms with E-state index in [1.165, 1.54) is 24.3 Å². The number of halogens is 2. The van der Waals surface area contributed by atoms with Crippen LogP contribution in [0.5, 0.6) is 0 Å². The molecule has 9 heteroatoms. The molecule has 5 fully saturated rings. The van der Waals surface area contributed by atoms with Crippen molar-refractivity contribution in [2.24, 2.45) is 23.2 Å². The highest BCUT2D eigenvalue weighted by Gasteiger charge is 2.56. The number of ether oxygens (including phenoxy) is 1. The van der Waals surface area contributed by atoms with Crippen LogP contribution in [0.1, 0.15) is 51.4 Å². The van der Waals surface area contributed by atoms with Gasteiger partial charge in [-0.15, -0.1) is 0 Å². The van der Waals surface area contributed by atoms with E-state index in [2.05, 4.69) is 16.5 Å². The van der Waals surface area contributed by atoms with Gasteiger partial charge in [-0.2, -0.15) is 29.0 Å². The zero-order valence-electron chi connectivity index (χ0n) is 14.7. The molecule has 0 aromatic rings. The van der Waals surface area contributed by atoms with Crippen LogP contribution in [-0.4, -0.2) is 42.3 Å². The lowest BCUT2D eigenvalue weighted by Crippen LogP contribution is -2.51. The molecular weight excluding hydrogens is 386 g/mol. The summed E-state index contributed by atoms with van der Waals surface area (Å²) in [5, 5.41) is -4.45. The summed E-state index contributed by atoms with van der Waals surface area (Å²) in [5.74, 6) is 3.45. The fourth-order valence-corrected chi connectivity index (χ4v) is 6.48. The van der Waals surface area contributed by atoms with Crippen molar-refractivity contribution in [3.63, 3.8) is 0 Å². The smallest absolute Gasteiger partial charge is 0.402 e. The molecule has 1 aliphatic heterocycles. The zero-order valence-corrected chi connectivity index (χ0v) is 16.3. The first-order valence-corrected chi connectivity index (χ1v) is 11.8. The van der Waals surface area contributed by atoms with Crippen LogP contribution in [0.2, 0.25) is 0 Å². The third kappa shape index (κ3) is 4.35. The fourth-order valence-electron chi connectivity index (χ4n) is 5.25. The number of alkyl halides is 2. The van der Waals surface area contributed by atoms with Gasteiger partial charge in [-0.1, -0.05) is 0 Å². The van der Waals surface area contributed by atoms with Crippen molar-refractivity contribution in [1.82, 2.24) is 0 Å². The van der Waals surface area contributed by atoms with E-state index in [0.29, 0.717) is 37.0 Å². The fraction of sp³-hybridized carbons (Fsp3) is 0.941. The summed E-state index contributed by atoms with van der Waals surface area (Å²) in [6, 6.07) is 0. The van der Waals surface area contributed by atoms with E-state index in [-0.39, 0.29) is 0 Å². The largest absolute Gasteiger partial charge is 0.458 e. The quantitative estimate of drug-likeness (QED) is 0.560. The molecular formula is C17H26F2O5S2. The van der Waals surface area contributed by atoms with Crippen molar-refractivity contribution >= 4 is 27.8 Å². The number of esters is 1. The highest BCUT2D eigenvalue weighted by molar-refractivity contribution is 7.99. The van der Waals surface area contributed by atoms with E-state index in [9.17, 15) is 22.0 Å². The highest BCUT2D eigenvalue weighted by atomic mass is 32.2. The van der Waals surface area contributed by atoms with Gasteiger partial charge in [0.2, 0.25) is 0 Å². The van der Waals surface area contributed by atoms with Crippen molar-refractivity contribution < 1.29 is 31.3 Å². The maximum Gasteiger partial charge on any atom is 0.402 e. The molecule has 0 unspecified atom stereocenters. The lowest BCUT2D eigenvalue weighted by atomic mass is 9.49. The third-order valence-corrected chi connectivity index (χ3v) is 8.07. The van der Waals surface area contributed by atoms with Crippen molar-refractivity contribution in [3.05, 3.63) is 0 Å². The Kier molecular flexibility index (Phi) is 5.90. The van der Waals surface area contributed by atoms with E-state index >= 15 is 0 Å². The average Bonchev–Trinajstić information content (AvgIpc) is 3.10. The van der Waals surface area contributed by atoms with Gasteiger partial charge in [0.05, 0.1) is 5.41 Å². The van der Waals surface area contributed by atoms with E-state index in [4.69, 9.17) is 4.55 Å². The summed E-state index contributed by atoms with van der Waals surface area (Å²) in [7, 11) is -5.56. The molecule has 0 amide bonds. The molecule has 5 rings (SSSR count). The minimum Gasteiger partial charge on any atom is -0.458 e. The maximum absolute atomic E-state index is 13.1. The van der Waals surface area contributed by atoms with Crippen LogP contribution in [0.4, 0.5) is 8.78 Å². The summed E-state index contributed by atoms with van der Waals surface area (Å²) in [6.07, 6.45) is 8.14. The number of hydrogen-bond acceptors (Lipinski definition) is 5. The van der Waals surface area contributed by atoms with Crippen molar-refractivity contribution in [1.29, 1.82) is 0 Å². The highest BCUT2D eigenvalue weighted by Crippen LogP contribution is 2.60. The molecule has 0 spiro atoms. The SMILES string of the molecule is C1CCSC1.O=C(OCC(F)(F)S(=O)(=O)O)C12CC3CC(CC(C3)C1)C2. The van der Waals surface area contributed by atoms with E-state index in [1.54, 1.807) is 0 Å². The molecule has 4 aliphatic carbocycles. The van der Waals surface area contributed by atoms with Crippen LogP contribution in [0.25, 0.3) is 0 Å². The summed E-state index contributed by atoms with van der Waals surface area (Å²) >= 11 is 2.07. The third-order valence-electron chi connectivity index (χ3n) is 6.05. The summed E-state index contributed by atoms with van der Waals surface area (Å²) < 4.78 is 60.4. The summed E-state index contributed by atoms with van der Waals surface area (Å²) in [5.41, 5.74) is -0.718. The Morgan fingerprint density at radius 1 is 1.08 bits per heavy atom. The molecule has 0 aromatic heterocycles. The lowest BCUT2D eigenvalue weighted by molar-refractivity contribution is -0.176. The van der Waals surface area contributed by atoms with E-state index in [0.717, 1.165) is 19.3 Å². The second-order valence-electron chi connectivity index (χ2n) is 8.21. The molecule has 0 atom stereocenters. The van der Waals surface area contributed by atoms with E-state index in [1.807, 2.05) is 0 Å². The van der Waals surface area contributed by atoms with Gasteiger partial charge in [0.15, 0.2) is 6.61 Å². The predicted octanol–water partition coefficient (Wildman–Crippen LogP) is 3.74. The Morgan fingerprint density at radius 3 is 1.88 bits per heavy atom. The number of hydrogen-bond donors (Lipinski definition) is 1. The molecule has 1 saturated heterocycles. The number of thioether (sulfide) groups is 1. The second kappa shape index (κ2) is 7.54. The van der Waals surface area contributed by atoms with Crippen LogP contribution < -0.4 is 0 Å². The number of carbonyl (C=O) groups excluding carboxylic acids is 1. The Morgan fingerprint density at radius 2 is 1.54 bits per heavy atom. The van der Waals surface area contributed by atoms with Gasteiger partial charge in [0, 0.05) is 0 Å². The monoisotopic (exact) mass is 412 g/mol. The molecule has 150 valence electrons. The van der Waals surface area contributed by atoms with Crippen molar-refractivity contribution in [2.75, 3.05) is 18.1 Å². The summed E-state index contributed by atoms with van der Waals surface area (Å²) in [6.45, 7) is -1.62. The first kappa shape index (κ1) is 20.3. The molecule has 5 nitrogen and oxygen atoms in total. The minimum absolute atomic E-state index is 0.450. The molecule has 1 heterocycles. The van der Waals surface area contributed by atoms with Gasteiger partial charge in [0.25, 0.3) is 0 Å². The maximum atomic E-state index is 13.1. The normalized spacial score (nSPS) is 35.7. The van der Waals surface area contributed by atoms with Gasteiger partial charge >= 0.3 is 21.3 Å². The van der Waals surface area contributed by atoms with Crippen LogP contribution in [0.15, 0.2) is 0 Å². The summed E-state index contributed by atoms with van der Waals surface area (Å²) in [4.78, 5) is 12.2. The van der Waals surface area contributed by atoms with Gasteiger partial charge in [-0.05, 0) is 80.6 Å². The Hall–Kier alpha value is -0.410. The lowest BCUT2D eigenvalue weighted by Gasteiger charge is -2.55. The topological polar surface area (TPSA) is 80.7 Å².